The van der Waals surface area contributed by atoms with Crippen molar-refractivity contribution in [2.45, 2.75) is 26.2 Å². The van der Waals surface area contributed by atoms with Crippen LogP contribution in [0.3, 0.4) is 0 Å². The van der Waals surface area contributed by atoms with Gasteiger partial charge in [-0.15, -0.1) is 0 Å². The molecule has 0 bridgehead atoms. The zero-order valence-electron chi connectivity index (χ0n) is 9.59. The molecule has 1 aromatic carbocycles. The highest BCUT2D eigenvalue weighted by Crippen LogP contribution is 2.24. The van der Waals surface area contributed by atoms with Gasteiger partial charge in [-0.05, 0) is 24.6 Å². The lowest BCUT2D eigenvalue weighted by Gasteiger charge is -2.06. The van der Waals surface area contributed by atoms with Gasteiger partial charge in [0, 0.05) is 11.4 Å². The predicted molar refractivity (Wildman–Crippen MR) is 68.7 cm³/mol. The Morgan fingerprint density at radius 2 is 2.18 bits per heavy atom. The van der Waals surface area contributed by atoms with E-state index in [-0.39, 0.29) is 5.91 Å². The summed E-state index contributed by atoms with van der Waals surface area (Å²) in [5.74, 6) is 0.569. The molecular weight excluding hydrogens is 238 g/mol. The second-order valence-corrected chi connectivity index (χ2v) is 4.34. The summed E-state index contributed by atoms with van der Waals surface area (Å²) in [6.07, 6.45) is 2.94. The summed E-state index contributed by atoms with van der Waals surface area (Å²) >= 11 is 5.87. The lowest BCUT2D eigenvalue weighted by molar-refractivity contribution is 0.0945. The van der Waals surface area contributed by atoms with Gasteiger partial charge in [-0.1, -0.05) is 24.9 Å². The van der Waals surface area contributed by atoms with Crippen LogP contribution in [0.25, 0.3) is 0 Å². The zero-order valence-corrected chi connectivity index (χ0v) is 10.3. The first-order valence-corrected chi connectivity index (χ1v) is 6.02. The Hall–Kier alpha value is -1.55. The van der Waals surface area contributed by atoms with Crippen molar-refractivity contribution in [3.05, 3.63) is 28.8 Å². The first kappa shape index (κ1) is 11.9. The van der Waals surface area contributed by atoms with Crippen molar-refractivity contribution in [3.63, 3.8) is 0 Å². The number of hydrazine groups is 1. The second kappa shape index (κ2) is 5.19. The molecule has 0 radical (unpaired) electrons. The highest BCUT2D eigenvalue weighted by Gasteiger charge is 2.16. The molecule has 0 saturated carbocycles. The fourth-order valence-corrected chi connectivity index (χ4v) is 1.79. The number of hydrogen-bond donors (Lipinski definition) is 2. The lowest BCUT2D eigenvalue weighted by Crippen LogP contribution is -2.40. The number of carbonyl (C=O) groups is 1. The molecule has 4 nitrogen and oxygen atoms in total. The molecule has 0 spiro atoms. The maximum atomic E-state index is 11.8. The zero-order chi connectivity index (χ0) is 12.3. The van der Waals surface area contributed by atoms with Gasteiger partial charge in [-0.3, -0.25) is 15.6 Å². The van der Waals surface area contributed by atoms with E-state index in [2.05, 4.69) is 22.8 Å². The highest BCUT2D eigenvalue weighted by atomic mass is 35.5. The van der Waals surface area contributed by atoms with Crippen molar-refractivity contribution >= 4 is 29.0 Å². The quantitative estimate of drug-likeness (QED) is 0.868. The van der Waals surface area contributed by atoms with Crippen LogP contribution in [0.4, 0.5) is 5.69 Å². The fraction of sp³-hybridized carbons (Fsp3) is 0.333. The Morgan fingerprint density at radius 3 is 2.94 bits per heavy atom. The number of rotatable bonds is 3. The van der Waals surface area contributed by atoms with Crippen LogP contribution in [0.5, 0.6) is 0 Å². The number of unbranched alkanes of at least 4 members (excludes halogenated alkanes) is 1. The molecule has 0 aliphatic carbocycles. The van der Waals surface area contributed by atoms with Crippen molar-refractivity contribution < 1.29 is 4.79 Å². The second-order valence-electron chi connectivity index (χ2n) is 3.90. The molecule has 1 amide bonds. The topological polar surface area (TPSA) is 53.5 Å². The van der Waals surface area contributed by atoms with Gasteiger partial charge >= 0.3 is 0 Å². The van der Waals surface area contributed by atoms with Crippen LogP contribution in [0.15, 0.2) is 23.2 Å². The molecule has 0 aromatic heterocycles. The third-order valence-corrected chi connectivity index (χ3v) is 2.78. The molecule has 5 heteroatoms. The van der Waals surface area contributed by atoms with E-state index in [9.17, 15) is 4.79 Å². The van der Waals surface area contributed by atoms with E-state index in [0.717, 1.165) is 25.1 Å². The number of benzene rings is 1. The number of nitrogens with zero attached hydrogens (tertiary/aromatic N) is 1. The Balaban J connectivity index is 2.32. The normalized spacial score (nSPS) is 14.2. The molecule has 2 N–H and O–H groups in total. The van der Waals surface area contributed by atoms with Crippen LogP contribution in [-0.2, 0) is 0 Å². The van der Waals surface area contributed by atoms with E-state index in [0.29, 0.717) is 16.3 Å². The van der Waals surface area contributed by atoms with Gasteiger partial charge in [0.15, 0.2) is 0 Å². The smallest absolute Gasteiger partial charge is 0.271 e. The Labute approximate surface area is 105 Å². The maximum Gasteiger partial charge on any atom is 0.271 e. The summed E-state index contributed by atoms with van der Waals surface area (Å²) < 4.78 is 0. The summed E-state index contributed by atoms with van der Waals surface area (Å²) in [6, 6.07) is 5.12. The minimum atomic E-state index is -0.210. The third kappa shape index (κ3) is 2.77. The standard InChI is InChI=1S/C12H14ClN3O/c1-2-3-4-11-14-10-6-5-8(13)7-9(10)12(17)16-15-11/h5-7H,2-4H2,1H3,(H,14,15)(H,16,17). The summed E-state index contributed by atoms with van der Waals surface area (Å²) in [5.41, 5.74) is 6.60. The lowest BCUT2D eigenvalue weighted by atomic mass is 10.1. The van der Waals surface area contributed by atoms with Crippen molar-refractivity contribution in [1.29, 1.82) is 0 Å². The Morgan fingerprint density at radius 1 is 1.35 bits per heavy atom. The molecule has 0 atom stereocenters. The van der Waals surface area contributed by atoms with Gasteiger partial charge in [0.05, 0.1) is 11.3 Å². The number of amidine groups is 1. The number of fused-ring (bicyclic) bond motifs is 1. The molecule has 90 valence electrons. The van der Waals surface area contributed by atoms with Crippen LogP contribution in [0.1, 0.15) is 36.5 Å². The predicted octanol–water partition coefficient (Wildman–Crippen LogP) is 2.81. The first-order chi connectivity index (χ1) is 8.20. The summed E-state index contributed by atoms with van der Waals surface area (Å²) in [4.78, 5) is 16.2. The molecular formula is C12H14ClN3O. The minimum Gasteiger partial charge on any atom is -0.285 e. The van der Waals surface area contributed by atoms with Crippen LogP contribution < -0.4 is 10.9 Å². The van der Waals surface area contributed by atoms with Crippen molar-refractivity contribution in [3.8, 4) is 0 Å². The highest BCUT2D eigenvalue weighted by molar-refractivity contribution is 6.31. The van der Waals surface area contributed by atoms with Crippen molar-refractivity contribution in [2.24, 2.45) is 4.99 Å². The monoisotopic (exact) mass is 251 g/mol. The van der Waals surface area contributed by atoms with Gasteiger partial charge in [0.2, 0.25) is 0 Å². The number of aliphatic imine (C=N–C) groups is 1. The largest absolute Gasteiger partial charge is 0.285 e. The number of halogens is 1. The molecule has 17 heavy (non-hydrogen) atoms. The van der Waals surface area contributed by atoms with E-state index < -0.39 is 0 Å². The minimum absolute atomic E-state index is 0.210. The first-order valence-electron chi connectivity index (χ1n) is 5.64. The molecule has 0 saturated heterocycles. The Bertz CT molecular complexity index is 471. The van der Waals surface area contributed by atoms with E-state index in [1.54, 1.807) is 18.2 Å². The number of hydrogen-bond acceptors (Lipinski definition) is 3. The van der Waals surface area contributed by atoms with E-state index in [4.69, 9.17) is 11.6 Å². The van der Waals surface area contributed by atoms with Gasteiger partial charge in [-0.2, -0.15) is 0 Å². The van der Waals surface area contributed by atoms with E-state index in [1.165, 1.54) is 0 Å². The number of nitrogens with one attached hydrogen (secondary N) is 2. The van der Waals surface area contributed by atoms with Crippen LogP contribution >= 0.6 is 11.6 Å². The average Bonchev–Trinajstić information content (AvgIpc) is 2.47. The molecule has 1 aliphatic heterocycles. The van der Waals surface area contributed by atoms with Gasteiger partial charge < -0.3 is 0 Å². The molecule has 1 aliphatic rings. The average molecular weight is 252 g/mol. The van der Waals surface area contributed by atoms with Gasteiger partial charge in [0.25, 0.3) is 5.91 Å². The molecule has 1 aromatic rings. The number of amides is 1. The van der Waals surface area contributed by atoms with Crippen LogP contribution in [-0.4, -0.2) is 11.7 Å². The number of carbonyl (C=O) groups excluding carboxylic acids is 1. The molecule has 0 unspecified atom stereocenters. The Kier molecular flexibility index (Phi) is 3.64. The summed E-state index contributed by atoms with van der Waals surface area (Å²) in [6.45, 7) is 2.11. The van der Waals surface area contributed by atoms with Crippen molar-refractivity contribution in [1.82, 2.24) is 10.9 Å². The molecule has 1 heterocycles. The van der Waals surface area contributed by atoms with E-state index in [1.807, 2.05) is 0 Å². The van der Waals surface area contributed by atoms with Crippen molar-refractivity contribution in [2.75, 3.05) is 0 Å². The molecule has 2 rings (SSSR count). The molecule has 0 fully saturated rings. The SMILES string of the molecule is CCCCC1=Nc2ccc(Cl)cc2C(=O)NN1. The summed E-state index contributed by atoms with van der Waals surface area (Å²) in [5, 5.41) is 0.533. The summed E-state index contributed by atoms with van der Waals surface area (Å²) in [7, 11) is 0. The van der Waals surface area contributed by atoms with Gasteiger partial charge in [-0.25, -0.2) is 4.99 Å². The van der Waals surface area contributed by atoms with Crippen LogP contribution in [0, 0.1) is 0 Å². The maximum absolute atomic E-state index is 11.8. The fourth-order valence-electron chi connectivity index (χ4n) is 1.62. The third-order valence-electron chi connectivity index (χ3n) is 2.55. The van der Waals surface area contributed by atoms with Gasteiger partial charge in [0.1, 0.15) is 5.84 Å². The van der Waals surface area contributed by atoms with Crippen LogP contribution in [0.2, 0.25) is 5.02 Å². The van der Waals surface area contributed by atoms with E-state index >= 15 is 0 Å².